The van der Waals surface area contributed by atoms with Gasteiger partial charge in [-0.05, 0) is 37.0 Å². The molecule has 0 saturated carbocycles. The van der Waals surface area contributed by atoms with E-state index in [9.17, 15) is 14.4 Å². The van der Waals surface area contributed by atoms with Gasteiger partial charge in [0.05, 0.1) is 39.1 Å². The molecule has 0 N–H and O–H groups in total. The Morgan fingerprint density at radius 3 is 0.800 bits per heavy atom. The second-order valence-corrected chi connectivity index (χ2v) is 17.0. The van der Waals surface area contributed by atoms with Crippen LogP contribution in [0.5, 0.6) is 0 Å². The normalized spacial score (nSPS) is 10.4. The minimum atomic E-state index is -0.121. The number of thiol groups is 3. The van der Waals surface area contributed by atoms with E-state index in [1.54, 1.807) is 0 Å². The average Bonchev–Trinajstić information content (AvgIpc) is 3.11. The molecule has 0 aliphatic heterocycles. The molecule has 0 aromatic heterocycles. The molecule has 0 fully saturated rings. The molecule has 10 heteroatoms. The third-order valence-corrected chi connectivity index (χ3v) is 9.14. The van der Waals surface area contributed by atoms with Crippen molar-refractivity contribution in [2.75, 3.05) is 37.1 Å². The number of hydrogen-bond acceptors (Lipinski definition) is 9. The average molecular weight is 944 g/mol. The van der Waals surface area contributed by atoms with Crippen LogP contribution < -0.4 is 0 Å². The van der Waals surface area contributed by atoms with Crippen LogP contribution in [0.15, 0.2) is 0 Å². The fourth-order valence-corrected chi connectivity index (χ4v) is 5.65. The molecule has 0 unspecified atom stereocenters. The molecule has 0 rings (SSSR count). The van der Waals surface area contributed by atoms with Crippen LogP contribution in [0.1, 0.15) is 216 Å². The van der Waals surface area contributed by atoms with E-state index in [4.69, 9.17) is 14.2 Å². The first-order valence-electron chi connectivity index (χ1n) is 22.2. The van der Waals surface area contributed by atoms with Gasteiger partial charge in [-0.2, -0.15) is 37.9 Å². The summed E-state index contributed by atoms with van der Waals surface area (Å²) in [6.07, 6.45) is 29.7. The molecule has 0 spiro atoms. The van der Waals surface area contributed by atoms with E-state index >= 15 is 0 Å². The largest absolute Gasteiger partial charge is 0.466 e. The first-order valence-corrected chi connectivity index (χ1v) is 24.1. The van der Waals surface area contributed by atoms with Gasteiger partial charge in [-0.15, -0.1) is 0 Å². The number of carbonyl (C=O) groups excluding carboxylic acids is 3. The maximum Gasteiger partial charge on any atom is 0.306 e. The molecule has 6 nitrogen and oxygen atoms in total. The standard InChI is InChI=1S/C12H26.3C11H22O2S.Sn/c1-3-5-7-9-11-12-10-8-6-4-2;3*1-10(2)6-4-3-5-8-13-11(12)7-9-14;/h3-12H2,1-2H3;3*10,14H,3-9H2,1-2H3;. The number of unbranched alkanes of at least 4 members (excludes halogenated alkanes) is 15. The Hall–Kier alpha value is 0.259. The summed E-state index contributed by atoms with van der Waals surface area (Å²) in [6, 6.07) is 0. The Bertz CT molecular complexity index is 665. The van der Waals surface area contributed by atoms with Crippen molar-refractivity contribution < 1.29 is 28.6 Å². The Balaban J connectivity index is -0.000000201. The van der Waals surface area contributed by atoms with E-state index < -0.39 is 0 Å². The predicted octanol–water partition coefficient (Wildman–Crippen LogP) is 13.7. The first-order chi connectivity index (χ1) is 25.9. The number of ether oxygens (including phenoxy) is 3. The van der Waals surface area contributed by atoms with E-state index in [2.05, 4.69) is 93.3 Å². The smallest absolute Gasteiger partial charge is 0.306 e. The van der Waals surface area contributed by atoms with E-state index in [0.717, 1.165) is 56.3 Å². The van der Waals surface area contributed by atoms with Crippen molar-refractivity contribution in [1.82, 2.24) is 0 Å². The summed E-state index contributed by atoms with van der Waals surface area (Å²) in [4.78, 5) is 32.7. The molecule has 0 bridgehead atoms. The maximum absolute atomic E-state index is 10.9. The fourth-order valence-electron chi connectivity index (χ4n) is 5.10. The minimum absolute atomic E-state index is 0. The van der Waals surface area contributed by atoms with Gasteiger partial charge in [-0.3, -0.25) is 14.4 Å². The summed E-state index contributed by atoms with van der Waals surface area (Å²) in [5.74, 6) is 3.70. The van der Waals surface area contributed by atoms with Gasteiger partial charge in [0, 0.05) is 41.2 Å². The molecule has 0 aromatic rings. The van der Waals surface area contributed by atoms with Crippen LogP contribution in [-0.2, 0) is 28.6 Å². The topological polar surface area (TPSA) is 78.9 Å². The molecule has 0 amide bonds. The van der Waals surface area contributed by atoms with Gasteiger partial charge in [-0.1, -0.05) is 177 Å². The van der Waals surface area contributed by atoms with Crippen LogP contribution in [0.2, 0.25) is 0 Å². The minimum Gasteiger partial charge on any atom is -0.466 e. The van der Waals surface area contributed by atoms with Crippen molar-refractivity contribution in [2.45, 2.75) is 216 Å². The van der Waals surface area contributed by atoms with Crippen molar-refractivity contribution in [3.8, 4) is 0 Å². The Morgan fingerprint density at radius 2 is 0.600 bits per heavy atom. The number of carbonyl (C=O) groups is 3. The molecular formula is C45H92O6S3Sn. The molecule has 0 heterocycles. The Kier molecular flexibility index (Phi) is 66.0. The van der Waals surface area contributed by atoms with Crippen molar-refractivity contribution in [3.05, 3.63) is 0 Å². The summed E-state index contributed by atoms with van der Waals surface area (Å²) in [5.41, 5.74) is 0. The Labute approximate surface area is 376 Å². The number of esters is 3. The van der Waals surface area contributed by atoms with Crippen molar-refractivity contribution in [3.63, 3.8) is 0 Å². The first kappa shape index (κ1) is 64.4. The van der Waals surface area contributed by atoms with Gasteiger partial charge in [-0.25, -0.2) is 0 Å². The van der Waals surface area contributed by atoms with Gasteiger partial charge in [0.1, 0.15) is 0 Å². The summed E-state index contributed by atoms with van der Waals surface area (Å²) in [6.45, 7) is 19.7. The Morgan fingerprint density at radius 1 is 0.382 bits per heavy atom. The zero-order chi connectivity index (χ0) is 41.5. The van der Waals surface area contributed by atoms with E-state index in [-0.39, 0.29) is 41.8 Å². The number of hydrogen-bond donors (Lipinski definition) is 3. The van der Waals surface area contributed by atoms with Gasteiger partial charge in [0.25, 0.3) is 0 Å². The number of rotatable bonds is 33. The molecular weight excluding hydrogens is 851 g/mol. The van der Waals surface area contributed by atoms with E-state index in [1.807, 2.05) is 0 Å². The second kappa shape index (κ2) is 56.4. The van der Waals surface area contributed by atoms with Crippen molar-refractivity contribution >= 4 is 79.7 Å². The molecule has 0 saturated heterocycles. The van der Waals surface area contributed by atoms with Crippen molar-refractivity contribution in [1.29, 1.82) is 0 Å². The van der Waals surface area contributed by atoms with Gasteiger partial charge < -0.3 is 14.2 Å². The second-order valence-electron chi connectivity index (χ2n) is 15.6. The third-order valence-electron chi connectivity index (χ3n) is 8.47. The summed E-state index contributed by atoms with van der Waals surface area (Å²) >= 11 is 11.9. The van der Waals surface area contributed by atoms with Gasteiger partial charge in [0.15, 0.2) is 0 Å². The van der Waals surface area contributed by atoms with Gasteiger partial charge in [0.2, 0.25) is 0 Å². The van der Waals surface area contributed by atoms with Crippen LogP contribution in [0.4, 0.5) is 0 Å². The SMILES string of the molecule is CC(C)CCCCCOC(=O)CCS.CC(C)CCCCCOC(=O)CCS.CC(C)CCCCCOC(=O)CCS.CCCCCCCCCCCC.[Sn]. The van der Waals surface area contributed by atoms with Crippen molar-refractivity contribution in [2.24, 2.45) is 17.8 Å². The molecule has 0 aliphatic carbocycles. The van der Waals surface area contributed by atoms with E-state index in [0.29, 0.717) is 56.3 Å². The van der Waals surface area contributed by atoms with Crippen LogP contribution >= 0.6 is 37.9 Å². The molecule has 55 heavy (non-hydrogen) atoms. The van der Waals surface area contributed by atoms with E-state index in [1.165, 1.54) is 103 Å². The summed E-state index contributed by atoms with van der Waals surface area (Å²) in [7, 11) is 0. The van der Waals surface area contributed by atoms with Crippen LogP contribution in [0, 0.1) is 17.8 Å². The van der Waals surface area contributed by atoms with Gasteiger partial charge >= 0.3 is 17.9 Å². The molecule has 0 aromatic carbocycles. The van der Waals surface area contributed by atoms with Crippen LogP contribution in [-0.4, -0.2) is 78.9 Å². The van der Waals surface area contributed by atoms with Crippen LogP contribution in [0.25, 0.3) is 0 Å². The monoisotopic (exact) mass is 945 g/mol. The van der Waals surface area contributed by atoms with Crippen LogP contribution in [0.3, 0.4) is 0 Å². The molecule has 4 radical (unpaired) electrons. The summed E-state index contributed by atoms with van der Waals surface area (Å²) in [5, 5.41) is 0. The third kappa shape index (κ3) is 72.3. The predicted molar refractivity (Wildman–Crippen MR) is 251 cm³/mol. The fraction of sp³-hybridized carbons (Fsp3) is 0.933. The zero-order valence-corrected chi connectivity index (χ0v) is 43.0. The maximum atomic E-state index is 10.9. The summed E-state index contributed by atoms with van der Waals surface area (Å²) < 4.78 is 15.0. The quantitative estimate of drug-likeness (QED) is 0.0200. The molecule has 0 aliphatic rings. The zero-order valence-electron chi connectivity index (χ0n) is 37.4. The molecule has 0 atom stereocenters. The molecule has 330 valence electrons.